The van der Waals surface area contributed by atoms with Crippen LogP contribution < -0.4 is 22.8 Å². The number of aromatic nitrogens is 5. The topological polar surface area (TPSA) is 19.4 Å². The summed E-state index contributed by atoms with van der Waals surface area (Å²) in [6.45, 7) is 46.3. The highest BCUT2D eigenvalue weighted by Gasteiger charge is 2.23. The van der Waals surface area contributed by atoms with E-state index in [1.54, 1.807) is 18.3 Å². The van der Waals surface area contributed by atoms with Crippen molar-refractivity contribution in [1.29, 1.82) is 0 Å². The quantitative estimate of drug-likeness (QED) is 0.0719. The number of hydrogen-bond donors (Lipinski definition) is 0. The van der Waals surface area contributed by atoms with Crippen LogP contribution >= 0.6 is 0 Å². The molecule has 0 fully saturated rings. The second-order valence-electron chi connectivity index (χ2n) is 31.8. The second kappa shape index (κ2) is 39.1. The summed E-state index contributed by atoms with van der Waals surface area (Å²) in [7, 11) is 10.3. The van der Waals surface area contributed by atoms with E-state index in [4.69, 9.17) is 12.3 Å². The van der Waals surface area contributed by atoms with Crippen molar-refractivity contribution in [3.8, 4) is 56.3 Å². The number of benzene rings is 5. The van der Waals surface area contributed by atoms with Crippen LogP contribution in [-0.4, -0.2) is 0 Å². The molecule has 103 heavy (non-hydrogen) atoms. The lowest BCUT2D eigenvalue weighted by atomic mass is 9.92. The first-order valence-corrected chi connectivity index (χ1v) is 37.9. The van der Waals surface area contributed by atoms with Gasteiger partial charge >= 0.3 is 0 Å². The van der Waals surface area contributed by atoms with Gasteiger partial charge in [-0.25, -0.2) is 22.8 Å². The number of nitrogens with zero attached hydrogens (tertiary/aromatic N) is 5. The Bertz CT molecular complexity index is 4840. The third-order valence-corrected chi connectivity index (χ3v) is 18.7. The highest BCUT2D eigenvalue weighted by atomic mass is 14.9. The maximum Gasteiger partial charge on any atom is 0.212 e. The van der Waals surface area contributed by atoms with Crippen molar-refractivity contribution in [3.05, 3.63) is 265 Å². The molecule has 0 N–H and O–H groups in total. The van der Waals surface area contributed by atoms with Crippen LogP contribution in [0.5, 0.6) is 0 Å². The molecule has 5 aromatic carbocycles. The maximum atomic E-state index is 8.66. The van der Waals surface area contributed by atoms with Gasteiger partial charge in [-0.05, 0) is 241 Å². The predicted octanol–water partition coefficient (Wildman–Crippen LogP) is 22.4. The normalized spacial score (nSPS) is 13.1. The van der Waals surface area contributed by atoms with E-state index in [2.05, 4.69) is 235 Å². The van der Waals surface area contributed by atoms with E-state index in [-0.39, 0.29) is 17.8 Å². The summed E-state index contributed by atoms with van der Waals surface area (Å²) < 4.78 is 84.5. The number of hydrogen-bond acceptors (Lipinski definition) is 0. The molecule has 0 aliphatic carbocycles. The van der Waals surface area contributed by atoms with Crippen molar-refractivity contribution in [2.75, 3.05) is 0 Å². The Balaban J connectivity index is 0.000000219. The molecule has 10 aromatic rings. The van der Waals surface area contributed by atoms with Gasteiger partial charge in [0.2, 0.25) is 28.5 Å². The third-order valence-electron chi connectivity index (χ3n) is 18.7. The highest BCUT2D eigenvalue weighted by Crippen LogP contribution is 2.30. The molecule has 5 nitrogen and oxygen atoms in total. The molecular weight excluding hydrogens is 1250 g/mol. The lowest BCUT2D eigenvalue weighted by molar-refractivity contribution is -0.661. The van der Waals surface area contributed by atoms with Gasteiger partial charge in [-0.2, -0.15) is 0 Å². The molecule has 0 unspecified atom stereocenters. The van der Waals surface area contributed by atoms with Gasteiger partial charge in [-0.15, -0.1) is 0 Å². The summed E-state index contributed by atoms with van der Waals surface area (Å²) >= 11 is 0. The molecule has 0 saturated heterocycles. The smallest absolute Gasteiger partial charge is 0.201 e. The Kier molecular flexibility index (Phi) is 26.8. The van der Waals surface area contributed by atoms with E-state index < -0.39 is 26.0 Å². The molecule has 0 amide bonds. The minimum Gasteiger partial charge on any atom is -0.201 e. The molecule has 5 heteroatoms. The molecule has 0 saturated carbocycles. The van der Waals surface area contributed by atoms with Crippen molar-refractivity contribution in [1.82, 2.24) is 0 Å². The van der Waals surface area contributed by atoms with Gasteiger partial charge in [-0.3, -0.25) is 0 Å². The summed E-state index contributed by atoms with van der Waals surface area (Å²) in [5.74, 6) is 2.12. The van der Waals surface area contributed by atoms with E-state index in [1.807, 2.05) is 134 Å². The zero-order valence-corrected chi connectivity index (χ0v) is 68.8. The van der Waals surface area contributed by atoms with Crippen LogP contribution in [-0.2, 0) is 80.0 Å². The molecule has 0 aliphatic rings. The van der Waals surface area contributed by atoms with Gasteiger partial charge in [0.25, 0.3) is 0 Å². The highest BCUT2D eigenvalue weighted by molar-refractivity contribution is 5.66. The summed E-state index contributed by atoms with van der Waals surface area (Å²) in [5, 5.41) is 0. The molecule has 548 valence electrons. The molecule has 10 rings (SSSR count). The average Bonchev–Trinajstić information content (AvgIpc) is 0.751. The largest absolute Gasteiger partial charge is 0.212 e. The van der Waals surface area contributed by atoms with Gasteiger partial charge in [0.05, 0.1) is 0 Å². The minimum absolute atomic E-state index is 0.127. The Morgan fingerprint density at radius 3 is 0.883 bits per heavy atom. The fourth-order valence-electron chi connectivity index (χ4n) is 13.6. The summed E-state index contributed by atoms with van der Waals surface area (Å²) in [6, 6.07) is 48.0. The van der Waals surface area contributed by atoms with E-state index in [1.165, 1.54) is 89.4 Å². The first kappa shape index (κ1) is 70.5. The van der Waals surface area contributed by atoms with Crippen LogP contribution in [0.3, 0.4) is 0 Å². The lowest BCUT2D eigenvalue weighted by Gasteiger charge is -2.14. The van der Waals surface area contributed by atoms with Crippen LogP contribution in [0.15, 0.2) is 171 Å². The predicted molar refractivity (Wildman–Crippen MR) is 442 cm³/mol. The van der Waals surface area contributed by atoms with Crippen LogP contribution in [0.25, 0.3) is 56.3 Å². The van der Waals surface area contributed by atoms with Gasteiger partial charge in [0.1, 0.15) is 35.2 Å². The molecule has 5 heterocycles. The second-order valence-corrected chi connectivity index (χ2v) is 31.8. The van der Waals surface area contributed by atoms with Crippen molar-refractivity contribution < 1.29 is 35.2 Å². The molecular formula is C98H136N5+5. The Hall–Kier alpha value is -8.15. The van der Waals surface area contributed by atoms with E-state index >= 15 is 0 Å². The van der Waals surface area contributed by atoms with E-state index in [0.29, 0.717) is 45.9 Å². The summed E-state index contributed by atoms with van der Waals surface area (Å²) in [5.41, 5.74) is 30.6. The first-order valence-electron chi connectivity index (χ1n) is 42.4. The zero-order valence-electron chi connectivity index (χ0n) is 77.8. The van der Waals surface area contributed by atoms with Crippen molar-refractivity contribution in [2.24, 2.45) is 76.7 Å². The average molecular weight is 1390 g/mol. The standard InChI is InChI=1S/2C21H30N.2C19H26N.C18H24N/c2*1-15(2)11-18-13-21(20-10-8-7-9-17(20)5)22(6)14-19(18)12-16(3)4;2*1-13(2)9-17-12-20(6)19(11-15(17)4)18-8-7-14(3)10-16(18)5;1-13(2)10-16-12-19(5)18(11-15(16)4)17-9-7-6-8-14(17)3/h2*7-10,13-16H,11-12H2,1-6H3;2*7-8,10-13H,9H2,1-6H3;6-9,11-13H,10H2,1-5H3/q5*+1/i11D2,12D2;;3D3,9D2;;. The summed E-state index contributed by atoms with van der Waals surface area (Å²) in [6.07, 6.45) is 10.5. The van der Waals surface area contributed by atoms with Crippen LogP contribution in [0.4, 0.5) is 0 Å². The van der Waals surface area contributed by atoms with E-state index in [0.717, 1.165) is 64.9 Å². The fourth-order valence-corrected chi connectivity index (χ4v) is 13.6. The molecule has 0 bridgehead atoms. The molecule has 0 radical (unpaired) electrons. The lowest BCUT2D eigenvalue weighted by Crippen LogP contribution is -2.32. The molecule has 0 atom stereocenters. The van der Waals surface area contributed by atoms with Crippen LogP contribution in [0, 0.1) is 111 Å². The fraction of sp³-hybridized carbons (Fsp3) is 0.439. The molecule has 5 aromatic heterocycles. The maximum absolute atomic E-state index is 8.66. The number of rotatable bonds is 19. The minimum atomic E-state index is -2.11. The van der Waals surface area contributed by atoms with Crippen molar-refractivity contribution >= 4 is 0 Å². The van der Waals surface area contributed by atoms with Gasteiger partial charge in [0.15, 0.2) is 31.0 Å². The van der Waals surface area contributed by atoms with Gasteiger partial charge in [-0.1, -0.05) is 187 Å². The van der Waals surface area contributed by atoms with E-state index in [9.17, 15) is 0 Å². The van der Waals surface area contributed by atoms with Gasteiger partial charge < -0.3 is 0 Å². The van der Waals surface area contributed by atoms with Crippen LogP contribution in [0.2, 0.25) is 0 Å². The Morgan fingerprint density at radius 1 is 0.252 bits per heavy atom. The Morgan fingerprint density at radius 2 is 0.524 bits per heavy atom. The van der Waals surface area contributed by atoms with Crippen LogP contribution in [0.1, 0.15) is 204 Å². The number of pyridine rings is 5. The molecule has 0 aliphatic heterocycles. The van der Waals surface area contributed by atoms with Crippen molar-refractivity contribution in [2.45, 2.75) is 211 Å². The SMILES string of the molecule is Cc1cc(-c2ccccc2C)[n+](C)cc1CC(C)C.Cc1ccc(-c2cc(C)c(CC(C)C)c[n+]2C)c(C)c1.Cc1ccccc1-c1cc(CC(C)C)c(CC(C)C)c[n+]1C.[2H]C([2H])([2H])c1ccc(-c2cc(C)c(C([2H])([2H])C(C)C)c[n+]2C)c(C)c1.[2H]C([2H])(c1cc(-c2ccccc2C)[n+](C)cc1C([2H])([2H])C(C)C)C(C)C. The zero-order chi connectivity index (χ0) is 84.1. The monoisotopic (exact) mass is 1390 g/mol. The Labute approximate surface area is 640 Å². The molecule has 0 spiro atoms. The van der Waals surface area contributed by atoms with Gasteiger partial charge in [0, 0.05) is 98.3 Å². The summed E-state index contributed by atoms with van der Waals surface area (Å²) in [4.78, 5) is 0. The first-order chi connectivity index (χ1) is 52.0. The third kappa shape index (κ3) is 24.8. The van der Waals surface area contributed by atoms with Crippen molar-refractivity contribution in [3.63, 3.8) is 0 Å². The number of aryl methyl sites for hydroxylation is 15.